The number of nitrogens with one attached hydrogen (secondary N) is 1. The van der Waals surface area contributed by atoms with Gasteiger partial charge in [-0.2, -0.15) is 0 Å². The highest BCUT2D eigenvalue weighted by atomic mass is 127. The van der Waals surface area contributed by atoms with Gasteiger partial charge in [0, 0.05) is 5.69 Å². The van der Waals surface area contributed by atoms with Gasteiger partial charge in [0.15, 0.2) is 3.77 Å². The number of hydrogen-bond donors (Lipinski definition) is 1. The lowest BCUT2D eigenvalue weighted by molar-refractivity contribution is 0.492. The van der Waals surface area contributed by atoms with Crippen LogP contribution in [0.1, 0.15) is 32.1 Å². The number of halogens is 1. The number of anilines is 1. The van der Waals surface area contributed by atoms with Gasteiger partial charge >= 0.3 is 0 Å². The van der Waals surface area contributed by atoms with E-state index in [0.29, 0.717) is 0 Å². The molecule has 0 aliphatic heterocycles. The molecule has 0 aliphatic rings. The Morgan fingerprint density at radius 2 is 1.83 bits per heavy atom. The number of benzene rings is 1. The molecule has 2 nitrogen and oxygen atoms in total. The molecule has 0 saturated heterocycles. The van der Waals surface area contributed by atoms with E-state index in [-0.39, 0.29) is 5.41 Å². The second-order valence-corrected chi connectivity index (χ2v) is 6.42. The van der Waals surface area contributed by atoms with Crippen molar-refractivity contribution < 1.29 is 4.42 Å². The van der Waals surface area contributed by atoms with E-state index in [4.69, 9.17) is 4.42 Å². The lowest BCUT2D eigenvalue weighted by Crippen LogP contribution is -2.14. The predicted octanol–water partition coefficient (Wildman–Crippen LogP) is 4.79. The van der Waals surface area contributed by atoms with E-state index in [2.05, 4.69) is 72.9 Å². The van der Waals surface area contributed by atoms with Gasteiger partial charge in [-0.25, -0.2) is 0 Å². The van der Waals surface area contributed by atoms with E-state index in [1.807, 2.05) is 12.1 Å². The summed E-state index contributed by atoms with van der Waals surface area (Å²) in [5.74, 6) is 0.961. The van der Waals surface area contributed by atoms with Gasteiger partial charge in [0.25, 0.3) is 0 Å². The van der Waals surface area contributed by atoms with Crippen LogP contribution in [0, 0.1) is 3.77 Å². The Morgan fingerprint density at radius 3 is 2.44 bits per heavy atom. The first-order chi connectivity index (χ1) is 8.47. The van der Waals surface area contributed by atoms with Gasteiger partial charge in [0.2, 0.25) is 0 Å². The van der Waals surface area contributed by atoms with Crippen LogP contribution < -0.4 is 5.32 Å². The number of rotatable bonds is 3. The summed E-state index contributed by atoms with van der Waals surface area (Å²) in [6, 6.07) is 12.4. The van der Waals surface area contributed by atoms with Gasteiger partial charge in [0.05, 0.1) is 6.54 Å². The molecule has 0 atom stereocenters. The van der Waals surface area contributed by atoms with Crippen LogP contribution in [0.4, 0.5) is 5.69 Å². The summed E-state index contributed by atoms with van der Waals surface area (Å²) < 4.78 is 6.48. The molecule has 1 heterocycles. The largest absolute Gasteiger partial charge is 0.454 e. The van der Waals surface area contributed by atoms with Gasteiger partial charge in [0.1, 0.15) is 5.76 Å². The fourth-order valence-corrected chi connectivity index (χ4v) is 2.38. The summed E-state index contributed by atoms with van der Waals surface area (Å²) in [5.41, 5.74) is 2.64. The van der Waals surface area contributed by atoms with Crippen LogP contribution in [0.2, 0.25) is 0 Å². The zero-order valence-electron chi connectivity index (χ0n) is 11.0. The van der Waals surface area contributed by atoms with Gasteiger partial charge in [-0.05, 0) is 51.8 Å². The lowest BCUT2D eigenvalue weighted by Gasteiger charge is -2.23. The molecule has 0 bridgehead atoms. The van der Waals surface area contributed by atoms with Crippen molar-refractivity contribution in [2.75, 3.05) is 5.32 Å². The van der Waals surface area contributed by atoms with Crippen molar-refractivity contribution in [2.24, 2.45) is 0 Å². The van der Waals surface area contributed by atoms with Crippen LogP contribution in [0.5, 0.6) is 0 Å². The average molecular weight is 355 g/mol. The van der Waals surface area contributed by atoms with E-state index in [1.54, 1.807) is 0 Å². The van der Waals surface area contributed by atoms with Gasteiger partial charge < -0.3 is 9.73 Å². The average Bonchev–Trinajstić information content (AvgIpc) is 2.72. The molecule has 1 N–H and O–H groups in total. The second kappa shape index (κ2) is 5.34. The molecule has 0 spiro atoms. The molecule has 0 unspecified atom stereocenters. The Kier molecular flexibility index (Phi) is 4.00. The third kappa shape index (κ3) is 3.28. The maximum atomic E-state index is 5.55. The van der Waals surface area contributed by atoms with Crippen LogP contribution in [0.3, 0.4) is 0 Å². The van der Waals surface area contributed by atoms with Gasteiger partial charge in [-0.15, -0.1) is 0 Å². The van der Waals surface area contributed by atoms with Crippen LogP contribution >= 0.6 is 22.6 Å². The van der Waals surface area contributed by atoms with Gasteiger partial charge in [-0.1, -0.05) is 39.0 Å². The summed E-state index contributed by atoms with van der Waals surface area (Å²) in [4.78, 5) is 0. The van der Waals surface area contributed by atoms with Gasteiger partial charge in [-0.3, -0.25) is 0 Å². The number of furan rings is 1. The first-order valence-electron chi connectivity index (χ1n) is 6.04. The highest BCUT2D eigenvalue weighted by Gasteiger charge is 2.17. The molecular formula is C15H18INO. The predicted molar refractivity (Wildman–Crippen MR) is 83.9 cm³/mol. The molecule has 2 aromatic rings. The Balaban J connectivity index is 2.14. The monoisotopic (exact) mass is 355 g/mol. The summed E-state index contributed by atoms with van der Waals surface area (Å²) in [6.45, 7) is 7.39. The van der Waals surface area contributed by atoms with E-state index in [1.165, 1.54) is 11.3 Å². The standard InChI is InChI=1S/C15H18INO/c1-15(2,3)12-6-4-5-7-13(12)17-10-11-8-9-14(16)18-11/h4-9,17H,10H2,1-3H3. The molecule has 0 saturated carbocycles. The Bertz CT molecular complexity index is 525. The Hall–Kier alpha value is -0.970. The molecule has 1 aromatic heterocycles. The number of para-hydroxylation sites is 1. The first-order valence-corrected chi connectivity index (χ1v) is 7.12. The molecule has 18 heavy (non-hydrogen) atoms. The maximum Gasteiger partial charge on any atom is 0.164 e. The Morgan fingerprint density at radius 1 is 1.11 bits per heavy atom. The minimum absolute atomic E-state index is 0.140. The van der Waals surface area contributed by atoms with E-state index in [0.717, 1.165) is 16.1 Å². The van der Waals surface area contributed by atoms with Crippen molar-refractivity contribution in [1.29, 1.82) is 0 Å². The lowest BCUT2D eigenvalue weighted by atomic mass is 9.86. The molecule has 3 heteroatoms. The molecule has 1 aromatic carbocycles. The molecule has 0 amide bonds. The van der Waals surface area contributed by atoms with E-state index < -0.39 is 0 Å². The quantitative estimate of drug-likeness (QED) is 0.801. The van der Waals surface area contributed by atoms with Crippen LogP contribution in [0.15, 0.2) is 40.8 Å². The molecular weight excluding hydrogens is 337 g/mol. The van der Waals surface area contributed by atoms with Crippen molar-refractivity contribution in [2.45, 2.75) is 32.7 Å². The summed E-state index contributed by atoms with van der Waals surface area (Å²) >= 11 is 2.18. The van der Waals surface area contributed by atoms with E-state index >= 15 is 0 Å². The fraction of sp³-hybridized carbons (Fsp3) is 0.333. The highest BCUT2D eigenvalue weighted by Crippen LogP contribution is 2.29. The molecule has 2 rings (SSSR count). The van der Waals surface area contributed by atoms with Crippen LogP contribution in [-0.4, -0.2) is 0 Å². The summed E-state index contributed by atoms with van der Waals surface area (Å²) in [5, 5.41) is 3.45. The fourth-order valence-electron chi connectivity index (χ4n) is 1.92. The van der Waals surface area contributed by atoms with Crippen molar-refractivity contribution in [3.05, 3.63) is 51.5 Å². The summed E-state index contributed by atoms with van der Waals surface area (Å²) in [7, 11) is 0. The number of hydrogen-bond acceptors (Lipinski definition) is 2. The molecule has 0 fully saturated rings. The minimum atomic E-state index is 0.140. The normalized spacial score (nSPS) is 11.6. The minimum Gasteiger partial charge on any atom is -0.454 e. The second-order valence-electron chi connectivity index (χ2n) is 5.35. The SMILES string of the molecule is CC(C)(C)c1ccccc1NCc1ccc(I)o1. The third-order valence-corrected chi connectivity index (χ3v) is 3.40. The van der Waals surface area contributed by atoms with Crippen LogP contribution in [0.25, 0.3) is 0 Å². The first kappa shape index (κ1) is 13.5. The Labute approximate surface area is 122 Å². The van der Waals surface area contributed by atoms with Crippen molar-refractivity contribution in [3.8, 4) is 0 Å². The maximum absolute atomic E-state index is 5.55. The molecule has 96 valence electrons. The third-order valence-electron chi connectivity index (χ3n) is 2.82. The highest BCUT2D eigenvalue weighted by molar-refractivity contribution is 14.1. The molecule has 0 radical (unpaired) electrons. The molecule has 0 aliphatic carbocycles. The topological polar surface area (TPSA) is 25.2 Å². The zero-order valence-corrected chi connectivity index (χ0v) is 13.1. The van der Waals surface area contributed by atoms with Crippen molar-refractivity contribution in [3.63, 3.8) is 0 Å². The smallest absolute Gasteiger partial charge is 0.164 e. The zero-order chi connectivity index (χ0) is 13.2. The van der Waals surface area contributed by atoms with Crippen molar-refractivity contribution in [1.82, 2.24) is 0 Å². The summed E-state index contributed by atoms with van der Waals surface area (Å²) in [6.07, 6.45) is 0. The van der Waals surface area contributed by atoms with Crippen molar-refractivity contribution >= 4 is 28.3 Å². The van der Waals surface area contributed by atoms with E-state index in [9.17, 15) is 0 Å². The van der Waals surface area contributed by atoms with Crippen LogP contribution in [-0.2, 0) is 12.0 Å².